The third kappa shape index (κ3) is 13.1. The van der Waals surface area contributed by atoms with Crippen LogP contribution in [0.15, 0.2) is 504 Å². The van der Waals surface area contributed by atoms with Crippen molar-refractivity contribution in [3.8, 4) is 78.1 Å². The lowest BCUT2D eigenvalue weighted by Gasteiger charge is -2.30. The highest BCUT2D eigenvalue weighted by Gasteiger charge is 2.30. The molecule has 2 heterocycles. The van der Waals surface area contributed by atoms with Gasteiger partial charge < -0.3 is 18.9 Å². The van der Waals surface area contributed by atoms with E-state index in [0.717, 1.165) is 45.5 Å². The molecule has 0 aliphatic rings. The van der Waals surface area contributed by atoms with Crippen LogP contribution in [0.5, 0.6) is 0 Å². The Labute approximate surface area is 771 Å². The molecule has 26 aromatic rings. The zero-order valence-corrected chi connectivity index (χ0v) is 73.2. The van der Waals surface area contributed by atoms with Crippen molar-refractivity contribution >= 4 is 164 Å². The predicted octanol–water partition coefficient (Wildman–Crippen LogP) is 36.0. The number of aryl methyl sites for hydroxylation is 1. The Kier molecular flexibility index (Phi) is 19.1. The van der Waals surface area contributed by atoms with Gasteiger partial charge in [0.25, 0.3) is 0 Å². The van der Waals surface area contributed by atoms with E-state index in [1.54, 1.807) is 0 Å². The van der Waals surface area contributed by atoms with E-state index >= 15 is 0 Å². The van der Waals surface area contributed by atoms with Crippen LogP contribution < -0.4 is 9.80 Å². The normalized spacial score (nSPS) is 11.6. The van der Waals surface area contributed by atoms with Gasteiger partial charge >= 0.3 is 0 Å². The smallest absolute Gasteiger partial charge is 0.0618 e. The van der Waals surface area contributed by atoms with Crippen LogP contribution in [0.4, 0.5) is 34.1 Å². The lowest BCUT2D eigenvalue weighted by molar-refractivity contribution is 1.17. The number of hydrogen-bond acceptors (Lipinski definition) is 2. The van der Waals surface area contributed by atoms with Crippen molar-refractivity contribution in [3.63, 3.8) is 0 Å². The molecule has 622 valence electrons. The first kappa shape index (κ1) is 77.9. The molecule has 0 amide bonds. The Morgan fingerprint density at radius 1 is 0.143 bits per heavy atom. The van der Waals surface area contributed by atoms with E-state index in [2.05, 4.69) is 529 Å². The second-order valence-corrected chi connectivity index (χ2v) is 34.8. The monoisotopic (exact) mass is 1690 g/mol. The van der Waals surface area contributed by atoms with E-state index in [0.29, 0.717) is 0 Å². The van der Waals surface area contributed by atoms with Gasteiger partial charge in [0.05, 0.1) is 33.4 Å². The molecule has 26 rings (SSSR count). The maximum Gasteiger partial charge on any atom is 0.0618 e. The fraction of sp³-hybridized carbons (Fsp3) is 0.00775. The van der Waals surface area contributed by atoms with Crippen LogP contribution in [-0.2, 0) is 0 Å². The lowest BCUT2D eigenvalue weighted by Crippen LogP contribution is -2.11. The van der Waals surface area contributed by atoms with Gasteiger partial charge in [-0.2, -0.15) is 0 Å². The van der Waals surface area contributed by atoms with Gasteiger partial charge in [0.2, 0.25) is 0 Å². The molecule has 0 saturated heterocycles. The van der Waals surface area contributed by atoms with Crippen LogP contribution in [0.1, 0.15) is 5.56 Å². The van der Waals surface area contributed by atoms with Crippen LogP contribution in [0.25, 0.3) is 208 Å². The highest BCUT2D eigenvalue weighted by molar-refractivity contribution is 6.33. The molecule has 0 bridgehead atoms. The standard InChI is InChI=1S/C65H44N2.C64H42N2/c1-43-35-40-56-59(41-43)62(46-22-18-21-45(42-46)44-19-4-2-5-20-44)52-27-8-9-28-53(52)63(56)64-54-29-10-12-31-57(54)65(58-32-13-11-30-55(58)64)66(47-23-6-3-7-24-47)48-36-38-49(39-37-48)67-60-33-16-14-25-50(60)51-26-15-17-34-61(51)67;1-3-20-43(21-4-1)44-22-19-23-45(42-44)61-51-28-7-9-30-53(51)62(54-31-10-8-29-52(54)61)63-55-32-11-13-34-57(55)64(58-35-14-12-33-56(58)63)65(46-24-5-2-6-25-46)47-38-40-48(41-39-47)66-59-36-17-15-26-49(59)50-27-16-18-37-60(50)66/h2-42H,1H3;1-42H. The average Bonchev–Trinajstić information content (AvgIpc) is 1.11. The molecule has 4 heteroatoms. The van der Waals surface area contributed by atoms with Gasteiger partial charge in [-0.05, 0) is 248 Å². The summed E-state index contributed by atoms with van der Waals surface area (Å²) in [4.78, 5) is 4.93. The van der Waals surface area contributed by atoms with Gasteiger partial charge in [0.1, 0.15) is 0 Å². The molecule has 0 fully saturated rings. The Hall–Kier alpha value is -17.4. The number of rotatable bonds is 14. The van der Waals surface area contributed by atoms with Gasteiger partial charge in [0, 0.05) is 77.2 Å². The molecule has 0 N–H and O–H groups in total. The minimum absolute atomic E-state index is 1.09. The van der Waals surface area contributed by atoms with Crippen molar-refractivity contribution in [2.75, 3.05) is 9.80 Å². The van der Waals surface area contributed by atoms with E-state index in [1.165, 1.54) is 202 Å². The molecular weight excluding hydrogens is 1610 g/mol. The molecule has 0 radical (unpaired) electrons. The third-order valence-electron chi connectivity index (χ3n) is 27.3. The lowest BCUT2D eigenvalue weighted by atomic mass is 9.82. The number of anilines is 6. The molecule has 0 unspecified atom stereocenters. The Morgan fingerprint density at radius 2 is 0.361 bits per heavy atom. The van der Waals surface area contributed by atoms with Gasteiger partial charge in [-0.1, -0.05) is 400 Å². The van der Waals surface area contributed by atoms with Crippen LogP contribution >= 0.6 is 0 Å². The molecule has 0 aliphatic carbocycles. The fourth-order valence-corrected chi connectivity index (χ4v) is 21.7. The van der Waals surface area contributed by atoms with Crippen LogP contribution in [0, 0.1) is 6.92 Å². The quantitative estimate of drug-likeness (QED) is 0.101. The molecule has 0 saturated carbocycles. The van der Waals surface area contributed by atoms with E-state index in [1.807, 2.05) is 0 Å². The van der Waals surface area contributed by atoms with Gasteiger partial charge in [-0.15, -0.1) is 0 Å². The van der Waals surface area contributed by atoms with Crippen LogP contribution in [-0.4, -0.2) is 9.13 Å². The molecule has 0 spiro atoms. The maximum absolute atomic E-state index is 2.46. The van der Waals surface area contributed by atoms with Gasteiger partial charge in [0.15, 0.2) is 0 Å². The summed E-state index contributed by atoms with van der Waals surface area (Å²) in [5, 5.41) is 24.6. The number of hydrogen-bond donors (Lipinski definition) is 0. The highest BCUT2D eigenvalue weighted by Crippen LogP contribution is 2.56. The summed E-state index contributed by atoms with van der Waals surface area (Å²) in [6.45, 7) is 2.21. The molecule has 0 aliphatic heterocycles. The minimum Gasteiger partial charge on any atom is -0.309 e. The highest BCUT2D eigenvalue weighted by atomic mass is 15.2. The van der Waals surface area contributed by atoms with E-state index in [4.69, 9.17) is 0 Å². The van der Waals surface area contributed by atoms with E-state index in [9.17, 15) is 0 Å². The van der Waals surface area contributed by atoms with Crippen molar-refractivity contribution in [1.29, 1.82) is 0 Å². The summed E-state index contributed by atoms with van der Waals surface area (Å²) in [5.74, 6) is 0. The van der Waals surface area contributed by atoms with Crippen molar-refractivity contribution in [2.24, 2.45) is 0 Å². The van der Waals surface area contributed by atoms with Crippen molar-refractivity contribution in [3.05, 3.63) is 509 Å². The average molecular weight is 1690 g/mol. The fourth-order valence-electron chi connectivity index (χ4n) is 21.7. The molecule has 0 atom stereocenters. The SMILES string of the molecule is Cc1ccc2c(-c3c4ccccc4c(N(c4ccccc4)c4ccc(-n5c6ccccc6c6ccccc65)cc4)c4ccccc34)c3ccccc3c(-c3cccc(-c4ccccc4)c3)c2c1.c1ccc(-c2cccc(-c3c4ccccc4c(-c4c5ccccc5c(N(c5ccccc5)c5ccc(-n6c7ccccc7c7ccccc76)cc5)c5ccccc45)c4ccccc34)c2)cc1. The first-order valence-electron chi connectivity index (χ1n) is 46.0. The summed E-state index contributed by atoms with van der Waals surface area (Å²) in [7, 11) is 0. The summed E-state index contributed by atoms with van der Waals surface area (Å²) < 4.78 is 4.78. The second-order valence-electron chi connectivity index (χ2n) is 34.8. The molecule has 4 nitrogen and oxygen atoms in total. The number of nitrogens with zero attached hydrogens (tertiary/aromatic N) is 4. The Balaban J connectivity index is 0.000000143. The number of aromatic nitrogens is 2. The van der Waals surface area contributed by atoms with Crippen molar-refractivity contribution in [2.45, 2.75) is 6.92 Å². The predicted molar refractivity (Wildman–Crippen MR) is 568 cm³/mol. The number of fused-ring (bicyclic) bond motifs is 14. The Bertz CT molecular complexity index is 8790. The molecule has 2 aromatic heterocycles. The van der Waals surface area contributed by atoms with Crippen molar-refractivity contribution < 1.29 is 0 Å². The van der Waals surface area contributed by atoms with Crippen molar-refractivity contribution in [1.82, 2.24) is 9.13 Å². The van der Waals surface area contributed by atoms with Gasteiger partial charge in [-0.25, -0.2) is 0 Å². The molecule has 133 heavy (non-hydrogen) atoms. The summed E-state index contributed by atoms with van der Waals surface area (Å²) in [6.07, 6.45) is 0. The summed E-state index contributed by atoms with van der Waals surface area (Å²) in [6, 6.07) is 185. The van der Waals surface area contributed by atoms with Crippen LogP contribution in [0.2, 0.25) is 0 Å². The zero-order valence-electron chi connectivity index (χ0n) is 73.2. The second kappa shape index (κ2) is 32.7. The van der Waals surface area contributed by atoms with Crippen LogP contribution in [0.3, 0.4) is 0 Å². The number of para-hydroxylation sites is 6. The minimum atomic E-state index is 1.09. The molecule has 24 aromatic carbocycles. The first-order chi connectivity index (χ1) is 66.0. The van der Waals surface area contributed by atoms with E-state index < -0.39 is 0 Å². The Morgan fingerprint density at radius 3 is 0.669 bits per heavy atom. The summed E-state index contributed by atoms with van der Waals surface area (Å²) >= 11 is 0. The van der Waals surface area contributed by atoms with Gasteiger partial charge in [-0.3, -0.25) is 0 Å². The maximum atomic E-state index is 2.46. The largest absolute Gasteiger partial charge is 0.309 e. The third-order valence-corrected chi connectivity index (χ3v) is 27.3. The summed E-state index contributed by atoms with van der Waals surface area (Å²) in [5.41, 5.74) is 29.8. The zero-order chi connectivity index (χ0) is 88.0. The van der Waals surface area contributed by atoms with E-state index in [-0.39, 0.29) is 0 Å². The number of benzene rings is 24. The first-order valence-corrected chi connectivity index (χ1v) is 46.0. The molecular formula is C129H86N4. The topological polar surface area (TPSA) is 16.3 Å².